The third-order valence-electron chi connectivity index (χ3n) is 4.79. The summed E-state index contributed by atoms with van der Waals surface area (Å²) in [4.78, 5) is 21.2. The van der Waals surface area contributed by atoms with Crippen LogP contribution in [0.15, 0.2) is 72.9 Å². The summed E-state index contributed by atoms with van der Waals surface area (Å²) < 4.78 is 0. The fourth-order valence-electron chi connectivity index (χ4n) is 3.29. The Morgan fingerprint density at radius 1 is 0.893 bits per heavy atom. The average molecular weight is 393 g/mol. The van der Waals surface area contributed by atoms with E-state index < -0.39 is 0 Å². The van der Waals surface area contributed by atoms with E-state index in [0.29, 0.717) is 18.8 Å². The number of nitrogens with one attached hydrogen (secondary N) is 1. The lowest BCUT2D eigenvalue weighted by atomic mass is 10.2. The summed E-state index contributed by atoms with van der Waals surface area (Å²) in [7, 11) is 0. The number of piperazine rings is 1. The molecule has 3 aromatic rings. The van der Waals surface area contributed by atoms with Gasteiger partial charge in [-0.15, -0.1) is 0 Å². The fraction of sp³-hybridized carbons (Fsp3) is 0.182. The number of hydrogen-bond donors (Lipinski definition) is 1. The molecule has 1 saturated heterocycles. The molecule has 0 aliphatic carbocycles. The van der Waals surface area contributed by atoms with Crippen LogP contribution in [-0.4, -0.2) is 42.0 Å². The maximum atomic E-state index is 12.8. The molecular weight excluding hydrogens is 372 g/mol. The number of para-hydroxylation sites is 1. The lowest BCUT2D eigenvalue weighted by molar-refractivity contribution is 0.0741. The normalized spacial score (nSPS) is 14.0. The molecule has 2 aromatic carbocycles. The van der Waals surface area contributed by atoms with Gasteiger partial charge < -0.3 is 15.1 Å². The van der Waals surface area contributed by atoms with Crippen molar-refractivity contribution in [3.63, 3.8) is 0 Å². The number of halogens is 1. The van der Waals surface area contributed by atoms with E-state index in [1.54, 1.807) is 12.3 Å². The molecule has 1 N–H and O–H groups in total. The fourth-order valence-corrected chi connectivity index (χ4v) is 3.47. The summed E-state index contributed by atoms with van der Waals surface area (Å²) in [6.45, 7) is 2.88. The average Bonchev–Trinajstić information content (AvgIpc) is 2.75. The summed E-state index contributed by atoms with van der Waals surface area (Å²) in [5, 5.41) is 4.00. The molecule has 6 heteroatoms. The molecule has 28 heavy (non-hydrogen) atoms. The van der Waals surface area contributed by atoms with Gasteiger partial charge in [-0.05, 0) is 42.5 Å². The highest BCUT2D eigenvalue weighted by Gasteiger charge is 2.23. The van der Waals surface area contributed by atoms with Gasteiger partial charge >= 0.3 is 0 Å². The summed E-state index contributed by atoms with van der Waals surface area (Å²) >= 11 is 6.08. The van der Waals surface area contributed by atoms with Crippen molar-refractivity contribution in [1.82, 2.24) is 9.88 Å². The number of aromatic nitrogens is 1. The Morgan fingerprint density at radius 3 is 2.36 bits per heavy atom. The molecule has 142 valence electrons. The van der Waals surface area contributed by atoms with Crippen LogP contribution in [0, 0.1) is 0 Å². The van der Waals surface area contributed by atoms with Gasteiger partial charge in [0.2, 0.25) is 0 Å². The van der Waals surface area contributed by atoms with Crippen LogP contribution in [0.3, 0.4) is 0 Å². The molecular formula is C22H21ClN4O. The number of carbonyl (C=O) groups excluding carboxylic acids is 1. The van der Waals surface area contributed by atoms with Crippen LogP contribution in [0.2, 0.25) is 5.02 Å². The molecule has 0 bridgehead atoms. The van der Waals surface area contributed by atoms with E-state index in [2.05, 4.69) is 15.2 Å². The molecule has 0 spiro atoms. The minimum absolute atomic E-state index is 0.0306. The molecule has 0 radical (unpaired) electrons. The molecule has 4 rings (SSSR count). The third-order valence-corrected chi connectivity index (χ3v) is 5.02. The van der Waals surface area contributed by atoms with Crippen molar-refractivity contribution >= 4 is 34.6 Å². The second-order valence-corrected chi connectivity index (χ2v) is 7.12. The van der Waals surface area contributed by atoms with Gasteiger partial charge in [-0.3, -0.25) is 4.79 Å². The first-order chi connectivity index (χ1) is 13.7. The maximum Gasteiger partial charge on any atom is 0.272 e. The van der Waals surface area contributed by atoms with Crippen molar-refractivity contribution in [3.05, 3.63) is 83.6 Å². The standard InChI is InChI=1S/C22H21ClN4O/c23-17-5-4-8-20(15-17)26-11-13-27(14-12-26)22(28)21-10-9-19(16-24-21)25-18-6-2-1-3-7-18/h1-10,15-16,25H,11-14H2. The van der Waals surface area contributed by atoms with Gasteiger partial charge in [-0.25, -0.2) is 4.98 Å². The van der Waals surface area contributed by atoms with Crippen LogP contribution < -0.4 is 10.2 Å². The smallest absolute Gasteiger partial charge is 0.272 e. The quantitative estimate of drug-likeness (QED) is 0.713. The highest BCUT2D eigenvalue weighted by atomic mass is 35.5. The molecule has 1 amide bonds. The van der Waals surface area contributed by atoms with E-state index >= 15 is 0 Å². The molecule has 1 aliphatic rings. The number of rotatable bonds is 4. The Morgan fingerprint density at radius 2 is 1.68 bits per heavy atom. The second-order valence-electron chi connectivity index (χ2n) is 6.68. The molecule has 0 unspecified atom stereocenters. The summed E-state index contributed by atoms with van der Waals surface area (Å²) in [6, 6.07) is 21.4. The number of benzene rings is 2. The zero-order valence-corrected chi connectivity index (χ0v) is 16.1. The molecule has 5 nitrogen and oxygen atoms in total. The minimum Gasteiger partial charge on any atom is -0.368 e. The van der Waals surface area contributed by atoms with Crippen molar-refractivity contribution in [2.45, 2.75) is 0 Å². The minimum atomic E-state index is -0.0306. The van der Waals surface area contributed by atoms with Gasteiger partial charge in [0, 0.05) is 42.6 Å². The number of hydrogen-bond acceptors (Lipinski definition) is 4. The lowest BCUT2D eigenvalue weighted by Gasteiger charge is -2.36. The van der Waals surface area contributed by atoms with Crippen LogP contribution in [0.5, 0.6) is 0 Å². The predicted molar refractivity (Wildman–Crippen MR) is 114 cm³/mol. The maximum absolute atomic E-state index is 12.8. The van der Waals surface area contributed by atoms with Crippen molar-refractivity contribution < 1.29 is 4.79 Å². The van der Waals surface area contributed by atoms with E-state index in [1.165, 1.54) is 0 Å². The van der Waals surface area contributed by atoms with Crippen molar-refractivity contribution in [1.29, 1.82) is 0 Å². The number of amides is 1. The zero-order chi connectivity index (χ0) is 19.3. The van der Waals surface area contributed by atoms with Gasteiger partial charge in [0.1, 0.15) is 5.69 Å². The van der Waals surface area contributed by atoms with Gasteiger partial charge in [-0.1, -0.05) is 35.9 Å². The Labute approximate surface area is 169 Å². The Hall–Kier alpha value is -3.05. The van der Waals surface area contributed by atoms with E-state index in [-0.39, 0.29) is 5.91 Å². The van der Waals surface area contributed by atoms with Gasteiger partial charge in [0.15, 0.2) is 0 Å². The molecule has 1 fully saturated rings. The van der Waals surface area contributed by atoms with E-state index in [1.807, 2.05) is 65.6 Å². The molecule has 0 saturated carbocycles. The molecule has 1 aromatic heterocycles. The first-order valence-corrected chi connectivity index (χ1v) is 9.65. The van der Waals surface area contributed by atoms with Gasteiger partial charge in [-0.2, -0.15) is 0 Å². The third kappa shape index (κ3) is 4.26. The SMILES string of the molecule is O=C(c1ccc(Nc2ccccc2)cn1)N1CCN(c2cccc(Cl)c2)CC1. The number of pyridine rings is 1. The van der Waals surface area contributed by atoms with Crippen molar-refractivity contribution in [2.24, 2.45) is 0 Å². The Balaban J connectivity index is 1.36. The largest absolute Gasteiger partial charge is 0.368 e. The van der Waals surface area contributed by atoms with Crippen LogP contribution in [0.25, 0.3) is 0 Å². The van der Waals surface area contributed by atoms with Gasteiger partial charge in [0.25, 0.3) is 5.91 Å². The van der Waals surface area contributed by atoms with E-state index in [9.17, 15) is 4.79 Å². The highest BCUT2D eigenvalue weighted by molar-refractivity contribution is 6.30. The highest BCUT2D eigenvalue weighted by Crippen LogP contribution is 2.21. The van der Waals surface area contributed by atoms with Crippen molar-refractivity contribution in [3.8, 4) is 0 Å². The first kappa shape index (κ1) is 18.3. The molecule has 1 aliphatic heterocycles. The van der Waals surface area contributed by atoms with Crippen LogP contribution in [0.1, 0.15) is 10.5 Å². The van der Waals surface area contributed by atoms with E-state index in [0.717, 1.165) is 35.2 Å². The van der Waals surface area contributed by atoms with Crippen molar-refractivity contribution in [2.75, 3.05) is 36.4 Å². The first-order valence-electron chi connectivity index (χ1n) is 9.27. The predicted octanol–water partition coefficient (Wildman–Crippen LogP) is 4.44. The molecule has 2 heterocycles. The molecule has 0 atom stereocenters. The van der Waals surface area contributed by atoms with Crippen LogP contribution in [0.4, 0.5) is 17.1 Å². The van der Waals surface area contributed by atoms with E-state index in [4.69, 9.17) is 11.6 Å². The Bertz CT molecular complexity index is 938. The van der Waals surface area contributed by atoms with Gasteiger partial charge in [0.05, 0.1) is 11.9 Å². The Kier molecular flexibility index (Phi) is 5.44. The monoisotopic (exact) mass is 392 g/mol. The number of carbonyl (C=O) groups is 1. The topological polar surface area (TPSA) is 48.5 Å². The second kappa shape index (κ2) is 8.31. The summed E-state index contributed by atoms with van der Waals surface area (Å²) in [6.07, 6.45) is 1.70. The van der Waals surface area contributed by atoms with Crippen LogP contribution in [-0.2, 0) is 0 Å². The summed E-state index contributed by atoms with van der Waals surface area (Å²) in [5.74, 6) is -0.0306. The summed E-state index contributed by atoms with van der Waals surface area (Å²) in [5.41, 5.74) is 3.40. The number of anilines is 3. The number of nitrogens with zero attached hydrogens (tertiary/aromatic N) is 3. The lowest BCUT2D eigenvalue weighted by Crippen LogP contribution is -2.49. The zero-order valence-electron chi connectivity index (χ0n) is 15.4. The van der Waals surface area contributed by atoms with Crippen LogP contribution >= 0.6 is 11.6 Å².